The van der Waals surface area contributed by atoms with Gasteiger partial charge >= 0.3 is 12.1 Å². The second-order valence-corrected chi connectivity index (χ2v) is 7.75. The summed E-state index contributed by atoms with van der Waals surface area (Å²) >= 11 is 0. The largest absolute Gasteiger partial charge is 0.466 e. The van der Waals surface area contributed by atoms with Crippen molar-refractivity contribution in [2.45, 2.75) is 25.7 Å². The number of nitrogens with zero attached hydrogens (tertiary/aromatic N) is 3. The van der Waals surface area contributed by atoms with E-state index in [1.807, 2.05) is 0 Å². The standard InChI is InChI=1S/C23H20F3N5O4/c1-13-19(21(32)35-2)20(14-6-5-7-15(10-14)31(33)34)30-16(12-28-22(30)29-13)11-27-18-9-4-3-8-17(18)23(24,25)26/h3-10,12,20,27H,11H2,1-2H3,(H,28,29). The van der Waals surface area contributed by atoms with Crippen LogP contribution in [0.25, 0.3) is 0 Å². The minimum Gasteiger partial charge on any atom is -0.466 e. The highest BCUT2D eigenvalue weighted by molar-refractivity contribution is 5.92. The predicted octanol–water partition coefficient (Wildman–Crippen LogP) is 4.88. The molecule has 2 N–H and O–H groups in total. The van der Waals surface area contributed by atoms with Crippen molar-refractivity contribution in [2.75, 3.05) is 17.7 Å². The molecule has 12 heteroatoms. The van der Waals surface area contributed by atoms with Crippen LogP contribution in [0.4, 0.5) is 30.5 Å². The summed E-state index contributed by atoms with van der Waals surface area (Å²) in [6, 6.07) is 9.99. The second-order valence-electron chi connectivity index (χ2n) is 7.75. The lowest BCUT2D eigenvalue weighted by Gasteiger charge is -2.31. The number of imidazole rings is 1. The Labute approximate surface area is 197 Å². The number of allylic oxidation sites excluding steroid dienone is 1. The van der Waals surface area contributed by atoms with E-state index < -0.39 is 28.7 Å². The topological polar surface area (TPSA) is 111 Å². The van der Waals surface area contributed by atoms with E-state index in [4.69, 9.17) is 4.74 Å². The van der Waals surface area contributed by atoms with Crippen LogP contribution in [-0.4, -0.2) is 27.6 Å². The molecule has 0 fully saturated rings. The second kappa shape index (κ2) is 9.12. The number of carbonyl (C=O) groups is 1. The zero-order chi connectivity index (χ0) is 25.3. The van der Waals surface area contributed by atoms with E-state index >= 15 is 0 Å². The summed E-state index contributed by atoms with van der Waals surface area (Å²) in [6.07, 6.45) is -3.09. The highest BCUT2D eigenvalue weighted by atomic mass is 19.4. The third kappa shape index (κ3) is 4.54. The number of hydrogen-bond donors (Lipinski definition) is 2. The first-order chi connectivity index (χ1) is 16.6. The summed E-state index contributed by atoms with van der Waals surface area (Å²) in [5.74, 6) is -0.334. The molecule has 0 radical (unpaired) electrons. The number of nitro groups is 1. The number of benzene rings is 2. The molecule has 1 atom stereocenters. The first-order valence-corrected chi connectivity index (χ1v) is 10.4. The number of non-ortho nitro benzene ring substituents is 1. The van der Waals surface area contributed by atoms with Gasteiger partial charge in [-0.1, -0.05) is 24.3 Å². The Hall–Kier alpha value is -4.35. The maximum Gasteiger partial charge on any atom is 0.418 e. The lowest BCUT2D eigenvalue weighted by molar-refractivity contribution is -0.384. The molecule has 0 saturated carbocycles. The van der Waals surface area contributed by atoms with Crippen molar-refractivity contribution < 1.29 is 27.6 Å². The van der Waals surface area contributed by atoms with Gasteiger partial charge in [-0.3, -0.25) is 10.1 Å². The van der Waals surface area contributed by atoms with Crippen LogP contribution in [0.5, 0.6) is 0 Å². The number of nitrogens with one attached hydrogen (secondary N) is 2. The number of esters is 1. The third-order valence-corrected chi connectivity index (χ3v) is 5.60. The van der Waals surface area contributed by atoms with Crippen LogP contribution in [0, 0.1) is 10.1 Å². The minimum atomic E-state index is -4.55. The van der Waals surface area contributed by atoms with Gasteiger partial charge in [0.2, 0.25) is 5.95 Å². The van der Waals surface area contributed by atoms with Gasteiger partial charge in [0.1, 0.15) is 0 Å². The number of aromatic nitrogens is 2. The number of para-hydroxylation sites is 1. The first kappa shape index (κ1) is 23.8. The summed E-state index contributed by atoms with van der Waals surface area (Å²) in [5.41, 5.74) is 0.363. The molecule has 0 saturated heterocycles. The van der Waals surface area contributed by atoms with Gasteiger partial charge in [0.25, 0.3) is 5.69 Å². The Morgan fingerprint density at radius 3 is 2.69 bits per heavy atom. The van der Waals surface area contributed by atoms with Crippen LogP contribution in [0.1, 0.15) is 29.8 Å². The number of fused-ring (bicyclic) bond motifs is 1. The summed E-state index contributed by atoms with van der Waals surface area (Å²) < 4.78 is 46.8. The number of alkyl halides is 3. The number of carbonyl (C=O) groups excluding carboxylic acids is 1. The molecule has 0 amide bonds. The molecule has 0 aliphatic carbocycles. The summed E-state index contributed by atoms with van der Waals surface area (Å²) in [5, 5.41) is 17.2. The van der Waals surface area contributed by atoms with Gasteiger partial charge in [-0.05, 0) is 24.6 Å². The van der Waals surface area contributed by atoms with E-state index in [2.05, 4.69) is 15.6 Å². The SMILES string of the molecule is COC(=O)C1=C(C)Nc2ncc(CNc3ccccc3C(F)(F)F)n2C1c1cccc([N+](=O)[O-])c1. The van der Waals surface area contributed by atoms with Crippen molar-refractivity contribution in [3.05, 3.63) is 92.9 Å². The van der Waals surface area contributed by atoms with Gasteiger partial charge in [0.05, 0.1) is 47.6 Å². The van der Waals surface area contributed by atoms with Crippen molar-refractivity contribution in [3.8, 4) is 0 Å². The van der Waals surface area contributed by atoms with Crippen molar-refractivity contribution in [1.82, 2.24) is 9.55 Å². The molecular weight excluding hydrogens is 467 g/mol. The predicted molar refractivity (Wildman–Crippen MR) is 121 cm³/mol. The average molecular weight is 487 g/mol. The van der Waals surface area contributed by atoms with Crippen LogP contribution in [0.15, 0.2) is 66.0 Å². The van der Waals surface area contributed by atoms with E-state index in [-0.39, 0.29) is 23.5 Å². The molecule has 1 unspecified atom stereocenters. The highest BCUT2D eigenvalue weighted by Crippen LogP contribution is 2.39. The molecule has 1 aromatic heterocycles. The fourth-order valence-electron chi connectivity index (χ4n) is 4.05. The molecule has 182 valence electrons. The van der Waals surface area contributed by atoms with Gasteiger partial charge in [0.15, 0.2) is 0 Å². The van der Waals surface area contributed by atoms with Gasteiger partial charge in [0, 0.05) is 23.5 Å². The summed E-state index contributed by atoms with van der Waals surface area (Å²) in [7, 11) is 1.22. The van der Waals surface area contributed by atoms with E-state index in [9.17, 15) is 28.1 Å². The molecular formula is C23H20F3N5O4. The van der Waals surface area contributed by atoms with Crippen molar-refractivity contribution >= 4 is 23.3 Å². The lowest BCUT2D eigenvalue weighted by atomic mass is 9.94. The van der Waals surface area contributed by atoms with Crippen LogP contribution >= 0.6 is 0 Å². The third-order valence-electron chi connectivity index (χ3n) is 5.60. The zero-order valence-electron chi connectivity index (χ0n) is 18.6. The van der Waals surface area contributed by atoms with Crippen molar-refractivity contribution in [2.24, 2.45) is 0 Å². The molecule has 0 bridgehead atoms. The van der Waals surface area contributed by atoms with Gasteiger partial charge in [-0.25, -0.2) is 9.78 Å². The molecule has 3 aromatic rings. The van der Waals surface area contributed by atoms with Crippen LogP contribution in [0.2, 0.25) is 0 Å². The Kier molecular flexibility index (Phi) is 6.20. The number of rotatable bonds is 6. The molecule has 0 spiro atoms. The number of methoxy groups -OCH3 is 1. The van der Waals surface area contributed by atoms with Crippen molar-refractivity contribution in [3.63, 3.8) is 0 Å². The Bertz CT molecular complexity index is 1330. The minimum absolute atomic E-state index is 0.0687. The van der Waals surface area contributed by atoms with E-state index in [0.29, 0.717) is 22.9 Å². The first-order valence-electron chi connectivity index (χ1n) is 10.4. The Balaban J connectivity index is 1.79. The zero-order valence-corrected chi connectivity index (χ0v) is 18.6. The van der Waals surface area contributed by atoms with Crippen LogP contribution in [0.3, 0.4) is 0 Å². The fraction of sp³-hybridized carbons (Fsp3) is 0.217. The van der Waals surface area contributed by atoms with Gasteiger partial charge in [-0.15, -0.1) is 0 Å². The quantitative estimate of drug-likeness (QED) is 0.289. The Morgan fingerprint density at radius 1 is 1.26 bits per heavy atom. The van der Waals surface area contributed by atoms with Crippen LogP contribution in [-0.2, 0) is 22.3 Å². The number of nitro benzene ring substituents is 1. The summed E-state index contributed by atoms with van der Waals surface area (Å²) in [4.78, 5) is 27.9. The number of ether oxygens (including phenoxy) is 1. The Morgan fingerprint density at radius 2 is 2.00 bits per heavy atom. The van der Waals surface area contributed by atoms with E-state index in [1.54, 1.807) is 17.6 Å². The molecule has 9 nitrogen and oxygen atoms in total. The van der Waals surface area contributed by atoms with Gasteiger partial charge in [-0.2, -0.15) is 13.2 Å². The van der Waals surface area contributed by atoms with E-state index in [1.165, 1.54) is 49.7 Å². The molecule has 1 aliphatic heterocycles. The maximum absolute atomic E-state index is 13.4. The number of anilines is 2. The van der Waals surface area contributed by atoms with Crippen molar-refractivity contribution in [1.29, 1.82) is 0 Å². The maximum atomic E-state index is 13.4. The fourth-order valence-corrected chi connectivity index (χ4v) is 4.05. The molecule has 2 heterocycles. The van der Waals surface area contributed by atoms with Crippen LogP contribution < -0.4 is 10.6 Å². The number of hydrogen-bond acceptors (Lipinski definition) is 7. The molecule has 1 aliphatic rings. The van der Waals surface area contributed by atoms with E-state index in [0.717, 1.165) is 6.07 Å². The molecule has 35 heavy (non-hydrogen) atoms. The lowest BCUT2D eigenvalue weighted by Crippen LogP contribution is -2.30. The normalized spacial score (nSPS) is 15.3. The number of halogens is 3. The average Bonchev–Trinajstić information content (AvgIpc) is 3.23. The summed E-state index contributed by atoms with van der Waals surface area (Å²) in [6.45, 7) is 1.58. The monoisotopic (exact) mass is 487 g/mol. The molecule has 4 rings (SSSR count). The molecule has 2 aromatic carbocycles. The van der Waals surface area contributed by atoms with Gasteiger partial charge < -0.3 is 19.9 Å². The smallest absolute Gasteiger partial charge is 0.418 e. The highest BCUT2D eigenvalue weighted by Gasteiger charge is 2.36.